The van der Waals surface area contributed by atoms with Gasteiger partial charge in [-0.05, 0) is 63.4 Å². The van der Waals surface area contributed by atoms with Crippen molar-refractivity contribution in [3.8, 4) is 0 Å². The van der Waals surface area contributed by atoms with Gasteiger partial charge in [0.25, 0.3) is 11.5 Å². The van der Waals surface area contributed by atoms with Crippen LogP contribution in [0.3, 0.4) is 0 Å². The molecule has 2 heterocycles. The maximum absolute atomic E-state index is 13.2. The van der Waals surface area contributed by atoms with E-state index in [-0.39, 0.29) is 17.3 Å². The number of nitrogens with one attached hydrogen (secondary N) is 1. The fraction of sp³-hybridized carbons (Fsp3) is 0.640. The van der Waals surface area contributed by atoms with Gasteiger partial charge in [0, 0.05) is 12.6 Å². The zero-order chi connectivity index (χ0) is 23.0. The van der Waals surface area contributed by atoms with E-state index < -0.39 is 5.91 Å². The summed E-state index contributed by atoms with van der Waals surface area (Å²) < 4.78 is 9.33. The third-order valence-corrected chi connectivity index (χ3v) is 7.67. The maximum Gasteiger partial charge on any atom is 0.291 e. The van der Waals surface area contributed by atoms with E-state index in [4.69, 9.17) is 4.52 Å². The van der Waals surface area contributed by atoms with Crippen LogP contribution >= 0.6 is 0 Å². The van der Waals surface area contributed by atoms with Gasteiger partial charge in [-0.1, -0.05) is 44.3 Å². The molecule has 1 N–H and O–H groups in total. The molecule has 4 rings (SSSR count). The molecule has 1 fully saturated rings. The third-order valence-electron chi connectivity index (χ3n) is 7.67. The lowest BCUT2D eigenvalue weighted by Gasteiger charge is -2.25. The summed E-state index contributed by atoms with van der Waals surface area (Å²) in [5.74, 6) is 1.48. The Bertz CT molecular complexity index is 1080. The predicted octanol–water partition coefficient (Wildman–Crippen LogP) is 5.39. The van der Waals surface area contributed by atoms with Crippen LogP contribution in [0.15, 0.2) is 15.4 Å². The molecule has 2 atom stereocenters. The number of amides is 1. The molecule has 1 amide bonds. The molecule has 32 heavy (non-hydrogen) atoms. The van der Waals surface area contributed by atoms with Crippen LogP contribution in [0, 0.1) is 25.7 Å². The second kappa shape index (κ2) is 9.12. The summed E-state index contributed by atoms with van der Waals surface area (Å²) in [4.78, 5) is 26.3. The lowest BCUT2D eigenvalue weighted by Crippen LogP contribution is -2.29. The lowest BCUT2D eigenvalue weighted by molar-refractivity contribution is 0.101. The Hall–Kier alpha value is -2.57. The highest BCUT2D eigenvalue weighted by molar-refractivity contribution is 6.04. The largest absolute Gasteiger partial charge is 0.356 e. The topological polar surface area (TPSA) is 82.1 Å². The van der Waals surface area contributed by atoms with Crippen LogP contribution in [0.25, 0.3) is 5.57 Å². The quantitative estimate of drug-likeness (QED) is 0.676. The highest BCUT2D eigenvalue weighted by atomic mass is 16.5. The molecule has 2 aromatic heterocycles. The molecule has 0 aromatic carbocycles. The van der Waals surface area contributed by atoms with Gasteiger partial charge in [-0.15, -0.1) is 0 Å². The molecule has 0 spiro atoms. The standard InChI is InChI=1S/C25H36N4O3/c1-6-18-14-19(13-12-15(18)2)23-16(3)21(27-32-23)24(30)26-22-17(4)28(5)29(25(22)31)20-10-8-7-9-11-20/h14-15,18,20H,6-13H2,1-5H3,(H,26,30). The van der Waals surface area contributed by atoms with Crippen molar-refractivity contribution in [1.82, 2.24) is 14.5 Å². The van der Waals surface area contributed by atoms with Crippen molar-refractivity contribution in [1.29, 1.82) is 0 Å². The van der Waals surface area contributed by atoms with Crippen LogP contribution < -0.4 is 10.9 Å². The van der Waals surface area contributed by atoms with Crippen molar-refractivity contribution >= 4 is 17.2 Å². The van der Waals surface area contributed by atoms with Crippen molar-refractivity contribution in [2.24, 2.45) is 18.9 Å². The molecule has 0 radical (unpaired) electrons. The van der Waals surface area contributed by atoms with Crippen LogP contribution in [0.2, 0.25) is 0 Å². The van der Waals surface area contributed by atoms with Crippen LogP contribution in [0.1, 0.15) is 98.8 Å². The average Bonchev–Trinajstić information content (AvgIpc) is 3.27. The summed E-state index contributed by atoms with van der Waals surface area (Å²) in [5, 5.41) is 6.94. The molecule has 0 saturated heterocycles. The first-order valence-electron chi connectivity index (χ1n) is 12.1. The Labute approximate surface area is 189 Å². The molecule has 0 bridgehead atoms. The molecule has 2 aliphatic rings. The van der Waals surface area contributed by atoms with E-state index in [0.717, 1.165) is 61.8 Å². The number of carbonyl (C=O) groups is 1. The number of anilines is 1. The number of allylic oxidation sites excluding steroid dienone is 2. The minimum Gasteiger partial charge on any atom is -0.356 e. The van der Waals surface area contributed by atoms with Crippen LogP contribution in [-0.4, -0.2) is 20.4 Å². The first-order chi connectivity index (χ1) is 15.3. The number of rotatable bonds is 5. The van der Waals surface area contributed by atoms with E-state index in [1.807, 2.05) is 30.3 Å². The minimum atomic E-state index is -0.393. The average molecular weight is 441 g/mol. The maximum atomic E-state index is 13.2. The zero-order valence-corrected chi connectivity index (χ0v) is 20.0. The van der Waals surface area contributed by atoms with Gasteiger partial charge < -0.3 is 9.84 Å². The van der Waals surface area contributed by atoms with Gasteiger partial charge >= 0.3 is 0 Å². The fourth-order valence-electron chi connectivity index (χ4n) is 5.44. The Kier molecular flexibility index (Phi) is 6.45. The molecule has 7 heteroatoms. The second-order valence-corrected chi connectivity index (χ2v) is 9.64. The van der Waals surface area contributed by atoms with Crippen LogP contribution in [-0.2, 0) is 7.05 Å². The SMILES string of the molecule is CCC1C=C(c2onc(C(=O)Nc3c(C)n(C)n(C4CCCCC4)c3=O)c2C)CCC1C. The lowest BCUT2D eigenvalue weighted by atomic mass is 9.79. The minimum absolute atomic E-state index is 0.138. The van der Waals surface area contributed by atoms with Gasteiger partial charge in [0.15, 0.2) is 11.5 Å². The van der Waals surface area contributed by atoms with Crippen molar-refractivity contribution in [3.63, 3.8) is 0 Å². The number of hydrogen-bond donors (Lipinski definition) is 1. The Morgan fingerprint density at radius 3 is 2.62 bits per heavy atom. The highest BCUT2D eigenvalue weighted by Gasteiger charge is 2.28. The number of aromatic nitrogens is 3. The van der Waals surface area contributed by atoms with E-state index >= 15 is 0 Å². The van der Waals surface area contributed by atoms with E-state index in [0.29, 0.717) is 23.3 Å². The molecule has 174 valence electrons. The number of carbonyl (C=O) groups excluding carboxylic acids is 1. The van der Waals surface area contributed by atoms with E-state index in [1.165, 1.54) is 6.42 Å². The van der Waals surface area contributed by atoms with Gasteiger partial charge in [0.2, 0.25) is 0 Å². The summed E-state index contributed by atoms with van der Waals surface area (Å²) in [7, 11) is 1.89. The van der Waals surface area contributed by atoms with Crippen molar-refractivity contribution in [2.45, 2.75) is 85.1 Å². The first-order valence-corrected chi connectivity index (χ1v) is 12.1. The molecule has 2 unspecified atom stereocenters. The zero-order valence-electron chi connectivity index (χ0n) is 20.0. The summed E-state index contributed by atoms with van der Waals surface area (Å²) >= 11 is 0. The van der Waals surface area contributed by atoms with Crippen LogP contribution in [0.5, 0.6) is 0 Å². The van der Waals surface area contributed by atoms with Crippen molar-refractivity contribution < 1.29 is 9.32 Å². The van der Waals surface area contributed by atoms with Crippen LogP contribution in [0.4, 0.5) is 5.69 Å². The van der Waals surface area contributed by atoms with Gasteiger partial charge in [-0.3, -0.25) is 14.3 Å². The van der Waals surface area contributed by atoms with Gasteiger partial charge in [-0.2, -0.15) is 0 Å². The fourth-order valence-corrected chi connectivity index (χ4v) is 5.44. The summed E-state index contributed by atoms with van der Waals surface area (Å²) in [5.41, 5.74) is 3.07. The monoisotopic (exact) mass is 440 g/mol. The van der Waals surface area contributed by atoms with Gasteiger partial charge in [0.1, 0.15) is 5.69 Å². The van der Waals surface area contributed by atoms with Gasteiger partial charge in [0.05, 0.1) is 11.7 Å². The molecule has 0 aliphatic heterocycles. The van der Waals surface area contributed by atoms with E-state index in [1.54, 1.807) is 0 Å². The molecule has 2 aliphatic carbocycles. The van der Waals surface area contributed by atoms with E-state index in [2.05, 4.69) is 30.4 Å². The normalized spacial score (nSPS) is 22.1. The van der Waals surface area contributed by atoms with E-state index in [9.17, 15) is 9.59 Å². The Balaban J connectivity index is 1.59. The van der Waals surface area contributed by atoms with Crippen molar-refractivity contribution in [2.75, 3.05) is 5.32 Å². The molecule has 2 aromatic rings. The van der Waals surface area contributed by atoms with Crippen molar-refractivity contribution in [3.05, 3.63) is 39.1 Å². The molecular formula is C25H36N4O3. The highest BCUT2D eigenvalue weighted by Crippen LogP contribution is 2.37. The third kappa shape index (κ3) is 3.97. The second-order valence-electron chi connectivity index (χ2n) is 9.64. The van der Waals surface area contributed by atoms with Gasteiger partial charge in [-0.25, -0.2) is 4.68 Å². The summed E-state index contributed by atoms with van der Waals surface area (Å²) in [6.07, 6.45) is 10.9. The summed E-state index contributed by atoms with van der Waals surface area (Å²) in [6.45, 7) is 8.24. The first kappa shape index (κ1) is 22.6. The Morgan fingerprint density at radius 1 is 1.22 bits per heavy atom. The number of hydrogen-bond acceptors (Lipinski definition) is 4. The molecule has 1 saturated carbocycles. The summed E-state index contributed by atoms with van der Waals surface area (Å²) in [6, 6.07) is 0.193. The Morgan fingerprint density at radius 2 is 1.94 bits per heavy atom. The molecule has 7 nitrogen and oxygen atoms in total. The smallest absolute Gasteiger partial charge is 0.291 e. The predicted molar refractivity (Wildman–Crippen MR) is 126 cm³/mol. The number of nitrogens with zero attached hydrogens (tertiary/aromatic N) is 3. The molecular weight excluding hydrogens is 404 g/mol.